The van der Waals surface area contributed by atoms with Crippen molar-refractivity contribution in [3.8, 4) is 11.4 Å². The lowest BCUT2D eigenvalue weighted by molar-refractivity contribution is -0.122. The lowest BCUT2D eigenvalue weighted by Crippen LogP contribution is -2.49. The Morgan fingerprint density at radius 2 is 1.92 bits per heavy atom. The van der Waals surface area contributed by atoms with Crippen LogP contribution in [-0.4, -0.2) is 55.1 Å². The third-order valence-electron chi connectivity index (χ3n) is 5.19. The van der Waals surface area contributed by atoms with Gasteiger partial charge in [0.15, 0.2) is 0 Å². The number of imidazole rings is 1. The van der Waals surface area contributed by atoms with Gasteiger partial charge in [0.05, 0.1) is 5.56 Å². The molecule has 2 aromatic rings. The van der Waals surface area contributed by atoms with E-state index in [9.17, 15) is 0 Å². The first-order valence-corrected chi connectivity index (χ1v) is 8.92. The fourth-order valence-corrected chi connectivity index (χ4v) is 4.17. The van der Waals surface area contributed by atoms with Crippen LogP contribution in [0.1, 0.15) is 32.1 Å². The molecule has 25 heavy (non-hydrogen) atoms. The molecule has 0 saturated carbocycles. The molecule has 4 rings (SSSR count). The van der Waals surface area contributed by atoms with Crippen molar-refractivity contribution in [1.82, 2.24) is 24.4 Å². The highest BCUT2D eigenvalue weighted by molar-refractivity contribution is 5.52. The van der Waals surface area contributed by atoms with Crippen LogP contribution in [0.15, 0.2) is 31.1 Å². The zero-order valence-corrected chi connectivity index (χ0v) is 14.4. The van der Waals surface area contributed by atoms with Gasteiger partial charge < -0.3 is 14.6 Å². The van der Waals surface area contributed by atoms with E-state index in [1.807, 2.05) is 18.6 Å². The van der Waals surface area contributed by atoms with E-state index in [2.05, 4.69) is 30.6 Å². The molecule has 134 valence electrons. The van der Waals surface area contributed by atoms with Crippen molar-refractivity contribution >= 4 is 6.47 Å². The minimum absolute atomic E-state index is 0.250. The molecule has 0 aliphatic carbocycles. The van der Waals surface area contributed by atoms with E-state index in [1.54, 1.807) is 6.33 Å². The molecule has 0 unspecified atom stereocenters. The van der Waals surface area contributed by atoms with Gasteiger partial charge in [0.2, 0.25) is 0 Å². The van der Waals surface area contributed by atoms with Gasteiger partial charge in [-0.2, -0.15) is 0 Å². The van der Waals surface area contributed by atoms with Gasteiger partial charge in [0, 0.05) is 37.4 Å². The Morgan fingerprint density at radius 3 is 2.72 bits per heavy atom. The molecule has 2 aliphatic heterocycles. The first-order chi connectivity index (χ1) is 12.3. The second kappa shape index (κ2) is 8.71. The van der Waals surface area contributed by atoms with Crippen LogP contribution in [-0.2, 0) is 11.3 Å². The number of piperidine rings is 2. The first-order valence-electron chi connectivity index (χ1n) is 8.92. The van der Waals surface area contributed by atoms with Crippen LogP contribution in [0.25, 0.3) is 11.4 Å². The summed E-state index contributed by atoms with van der Waals surface area (Å²) in [5, 5.41) is 6.89. The van der Waals surface area contributed by atoms with Crippen molar-refractivity contribution in [2.75, 3.05) is 13.1 Å². The van der Waals surface area contributed by atoms with Crippen molar-refractivity contribution in [2.24, 2.45) is 5.92 Å². The van der Waals surface area contributed by atoms with Crippen molar-refractivity contribution in [1.29, 1.82) is 0 Å². The lowest BCUT2D eigenvalue weighted by Gasteiger charge is -2.44. The molecule has 2 saturated heterocycles. The summed E-state index contributed by atoms with van der Waals surface area (Å²) < 4.78 is 2.29. The van der Waals surface area contributed by atoms with E-state index in [4.69, 9.17) is 9.90 Å². The van der Waals surface area contributed by atoms with E-state index >= 15 is 0 Å². The van der Waals surface area contributed by atoms with E-state index in [0.717, 1.165) is 29.9 Å². The number of aromatic nitrogens is 4. The highest BCUT2D eigenvalue weighted by Gasteiger charge is 2.33. The molecular formula is C18H25N5O2. The highest BCUT2D eigenvalue weighted by Crippen LogP contribution is 2.32. The molecule has 0 spiro atoms. The van der Waals surface area contributed by atoms with Gasteiger partial charge in [-0.25, -0.2) is 15.0 Å². The molecule has 0 bridgehead atoms. The second-order valence-electron chi connectivity index (χ2n) is 6.64. The summed E-state index contributed by atoms with van der Waals surface area (Å²) in [5.41, 5.74) is 1.00. The molecule has 4 heterocycles. The summed E-state index contributed by atoms with van der Waals surface area (Å²) in [6.45, 7) is 3.40. The Labute approximate surface area is 147 Å². The predicted molar refractivity (Wildman–Crippen MR) is 93.9 cm³/mol. The molecule has 7 heteroatoms. The Hall–Kier alpha value is -2.28. The van der Waals surface area contributed by atoms with Crippen LogP contribution >= 0.6 is 0 Å². The molecule has 2 fully saturated rings. The second-order valence-corrected chi connectivity index (χ2v) is 6.64. The van der Waals surface area contributed by atoms with E-state index < -0.39 is 0 Å². The number of carbonyl (C=O) groups is 1. The van der Waals surface area contributed by atoms with Crippen molar-refractivity contribution < 1.29 is 9.90 Å². The normalized spacial score (nSPS) is 23.2. The standard InChI is InChI=1S/C17H23N5.CH2O2/c1-2-7-21-8-3-4-14(16(21)5-1)12-22-9-6-20-17(22)15-10-18-13-19-11-15;2-1-3/h6,9-11,13-14,16H,1-5,7-8,12H2;1H,(H,2,3)/t14-,16+;/m0./s1. The van der Waals surface area contributed by atoms with Crippen LogP contribution in [0.3, 0.4) is 0 Å². The maximum absolute atomic E-state index is 8.36. The Balaban J connectivity index is 0.000000569. The Morgan fingerprint density at radius 1 is 1.16 bits per heavy atom. The van der Waals surface area contributed by atoms with Crippen LogP contribution in [0.5, 0.6) is 0 Å². The third kappa shape index (κ3) is 4.22. The van der Waals surface area contributed by atoms with Crippen LogP contribution in [0, 0.1) is 5.92 Å². The smallest absolute Gasteiger partial charge is 0.290 e. The zero-order chi connectivity index (χ0) is 17.5. The van der Waals surface area contributed by atoms with Crippen LogP contribution in [0.4, 0.5) is 0 Å². The van der Waals surface area contributed by atoms with Crippen molar-refractivity contribution in [2.45, 2.75) is 44.7 Å². The quantitative estimate of drug-likeness (QED) is 0.861. The summed E-state index contributed by atoms with van der Waals surface area (Å²) >= 11 is 0. The molecule has 7 nitrogen and oxygen atoms in total. The van der Waals surface area contributed by atoms with E-state index in [1.165, 1.54) is 45.2 Å². The zero-order valence-electron chi connectivity index (χ0n) is 14.4. The van der Waals surface area contributed by atoms with Gasteiger partial charge in [-0.3, -0.25) is 4.79 Å². The maximum Gasteiger partial charge on any atom is 0.290 e. The molecule has 2 aliphatic rings. The van der Waals surface area contributed by atoms with E-state index in [-0.39, 0.29) is 6.47 Å². The number of nitrogens with zero attached hydrogens (tertiary/aromatic N) is 5. The molecular weight excluding hydrogens is 318 g/mol. The number of carboxylic acid groups (broad SMARTS) is 1. The molecule has 0 radical (unpaired) electrons. The van der Waals surface area contributed by atoms with Gasteiger partial charge in [-0.1, -0.05) is 6.42 Å². The van der Waals surface area contributed by atoms with Crippen molar-refractivity contribution in [3.63, 3.8) is 0 Å². The summed E-state index contributed by atoms with van der Waals surface area (Å²) in [6.07, 6.45) is 16.1. The molecule has 1 N–H and O–H groups in total. The molecule has 2 aromatic heterocycles. The van der Waals surface area contributed by atoms with Gasteiger partial charge >= 0.3 is 0 Å². The predicted octanol–water partition coefficient (Wildman–Crippen LogP) is 2.31. The summed E-state index contributed by atoms with van der Waals surface area (Å²) in [5.74, 6) is 1.74. The average molecular weight is 343 g/mol. The number of hydrogen-bond acceptors (Lipinski definition) is 5. The van der Waals surface area contributed by atoms with Gasteiger partial charge in [-0.05, 0) is 44.7 Å². The maximum atomic E-state index is 8.36. The Kier molecular flexibility index (Phi) is 6.11. The lowest BCUT2D eigenvalue weighted by atomic mass is 9.83. The average Bonchev–Trinajstić information content (AvgIpc) is 3.12. The Bertz CT molecular complexity index is 658. The summed E-state index contributed by atoms with van der Waals surface area (Å²) in [7, 11) is 0. The van der Waals surface area contributed by atoms with Gasteiger partial charge in [0.25, 0.3) is 6.47 Å². The SMILES string of the molecule is O=CO.c1ncc(-c2nccn2C[C@@H]2CCCN3CCCC[C@H]23)cn1. The number of rotatable bonds is 3. The third-order valence-corrected chi connectivity index (χ3v) is 5.19. The number of fused-ring (bicyclic) bond motifs is 1. The minimum atomic E-state index is -0.250. The summed E-state index contributed by atoms with van der Waals surface area (Å²) in [4.78, 5) is 23.9. The van der Waals surface area contributed by atoms with Gasteiger partial charge in [0.1, 0.15) is 12.2 Å². The monoisotopic (exact) mass is 343 g/mol. The first kappa shape index (κ1) is 17.5. The van der Waals surface area contributed by atoms with Crippen LogP contribution < -0.4 is 0 Å². The fraction of sp³-hybridized carbons (Fsp3) is 0.556. The van der Waals surface area contributed by atoms with E-state index in [0.29, 0.717) is 0 Å². The van der Waals surface area contributed by atoms with Gasteiger partial charge in [-0.15, -0.1) is 0 Å². The molecule has 2 atom stereocenters. The topological polar surface area (TPSA) is 84.1 Å². The minimum Gasteiger partial charge on any atom is -0.483 e. The van der Waals surface area contributed by atoms with Crippen molar-refractivity contribution in [3.05, 3.63) is 31.1 Å². The molecule has 0 aromatic carbocycles. The molecule has 0 amide bonds. The largest absolute Gasteiger partial charge is 0.483 e. The van der Waals surface area contributed by atoms with Crippen LogP contribution in [0.2, 0.25) is 0 Å². The fourth-order valence-electron chi connectivity index (χ4n) is 4.17. The highest BCUT2D eigenvalue weighted by atomic mass is 16.3. The summed E-state index contributed by atoms with van der Waals surface area (Å²) in [6, 6.07) is 0.768. The number of hydrogen-bond donors (Lipinski definition) is 1.